The number of hydrogen-bond donors (Lipinski definition) is 0. The molecular formula is C25H18FN3O. The van der Waals surface area contributed by atoms with Crippen LogP contribution in [0.1, 0.15) is 0 Å². The second-order valence-electron chi connectivity index (χ2n) is 6.92. The van der Waals surface area contributed by atoms with E-state index in [1.54, 1.807) is 13.2 Å². The number of fused-ring (bicyclic) bond motifs is 1. The van der Waals surface area contributed by atoms with Gasteiger partial charge in [-0.05, 0) is 66.7 Å². The number of nitrogens with zero attached hydrogens (tertiary/aromatic N) is 3. The molecule has 4 nitrogen and oxygen atoms in total. The van der Waals surface area contributed by atoms with E-state index in [4.69, 9.17) is 14.8 Å². The van der Waals surface area contributed by atoms with Crippen LogP contribution in [0.4, 0.5) is 4.39 Å². The maximum atomic E-state index is 13.5. The number of benzene rings is 3. The van der Waals surface area contributed by atoms with Crippen LogP contribution in [0.2, 0.25) is 0 Å². The van der Waals surface area contributed by atoms with Gasteiger partial charge in [0.05, 0.1) is 29.7 Å². The smallest absolute Gasteiger partial charge is 0.123 e. The monoisotopic (exact) mass is 395 g/mol. The third-order valence-electron chi connectivity index (χ3n) is 5.01. The van der Waals surface area contributed by atoms with Crippen LogP contribution in [-0.4, -0.2) is 21.9 Å². The molecule has 2 aromatic heterocycles. The summed E-state index contributed by atoms with van der Waals surface area (Å²) in [6.07, 6.45) is 0. The van der Waals surface area contributed by atoms with Gasteiger partial charge in [0.2, 0.25) is 0 Å². The topological polar surface area (TPSA) is 39.9 Å². The van der Waals surface area contributed by atoms with Crippen LogP contribution in [0.15, 0.2) is 91.0 Å². The molecule has 0 aliphatic carbocycles. The molecule has 3 aromatic carbocycles. The molecule has 0 fully saturated rings. The Hall–Kier alpha value is -3.99. The molecule has 0 aliphatic rings. The Morgan fingerprint density at radius 3 is 2.37 bits per heavy atom. The molecule has 0 aliphatic heterocycles. The molecule has 5 rings (SSSR count). The highest BCUT2D eigenvalue weighted by atomic mass is 19.1. The number of rotatable bonds is 4. The first-order valence-corrected chi connectivity index (χ1v) is 9.58. The highest BCUT2D eigenvalue weighted by molar-refractivity contribution is 5.81. The van der Waals surface area contributed by atoms with Gasteiger partial charge in [0.1, 0.15) is 17.3 Å². The van der Waals surface area contributed by atoms with Gasteiger partial charge in [0, 0.05) is 10.9 Å². The zero-order chi connectivity index (χ0) is 20.5. The van der Waals surface area contributed by atoms with Crippen molar-refractivity contribution in [1.29, 1.82) is 0 Å². The molecule has 0 N–H and O–H groups in total. The molecule has 146 valence electrons. The zero-order valence-corrected chi connectivity index (χ0v) is 16.3. The maximum absolute atomic E-state index is 13.5. The summed E-state index contributed by atoms with van der Waals surface area (Å²) in [6.45, 7) is 0. The normalized spacial score (nSPS) is 11.0. The van der Waals surface area contributed by atoms with Gasteiger partial charge < -0.3 is 4.74 Å². The van der Waals surface area contributed by atoms with Gasteiger partial charge in [-0.1, -0.05) is 24.3 Å². The lowest BCUT2D eigenvalue weighted by atomic mass is 10.1. The van der Waals surface area contributed by atoms with Crippen LogP contribution >= 0.6 is 0 Å². The average Bonchev–Trinajstić information content (AvgIpc) is 3.25. The number of pyridine rings is 1. The van der Waals surface area contributed by atoms with E-state index in [-0.39, 0.29) is 5.82 Å². The van der Waals surface area contributed by atoms with Gasteiger partial charge in [0.15, 0.2) is 0 Å². The number of methoxy groups -OCH3 is 1. The maximum Gasteiger partial charge on any atom is 0.123 e. The summed E-state index contributed by atoms with van der Waals surface area (Å²) in [4.78, 5) is 4.69. The highest BCUT2D eigenvalue weighted by Gasteiger charge is 2.14. The predicted molar refractivity (Wildman–Crippen MR) is 116 cm³/mol. The van der Waals surface area contributed by atoms with Crippen molar-refractivity contribution in [1.82, 2.24) is 14.8 Å². The molecule has 5 heteroatoms. The van der Waals surface area contributed by atoms with Crippen LogP contribution in [-0.2, 0) is 0 Å². The molecule has 0 saturated carbocycles. The fourth-order valence-corrected chi connectivity index (χ4v) is 3.48. The molecule has 0 spiro atoms. The predicted octanol–water partition coefficient (Wildman–Crippen LogP) is 5.90. The lowest BCUT2D eigenvalue weighted by Gasteiger charge is -2.08. The Morgan fingerprint density at radius 1 is 0.800 bits per heavy atom. The van der Waals surface area contributed by atoms with Gasteiger partial charge >= 0.3 is 0 Å². The van der Waals surface area contributed by atoms with Gasteiger partial charge in [-0.15, -0.1) is 0 Å². The van der Waals surface area contributed by atoms with E-state index in [0.29, 0.717) is 0 Å². The number of para-hydroxylation sites is 1. The Balaban J connectivity index is 1.66. The minimum atomic E-state index is -0.271. The molecule has 0 saturated heterocycles. The standard InChI is InChI=1S/C25H18FN3O/c1-30-21-11-7-17(8-12-21)25-16-24(28-29(25)20-5-3-2-4-6-20)23-13-9-18-15-19(26)10-14-22(18)27-23/h2-16H,1H3. The van der Waals surface area contributed by atoms with Crippen LogP contribution < -0.4 is 4.74 Å². The summed E-state index contributed by atoms with van der Waals surface area (Å²) in [5, 5.41) is 5.60. The van der Waals surface area contributed by atoms with E-state index >= 15 is 0 Å². The average molecular weight is 395 g/mol. The van der Waals surface area contributed by atoms with Gasteiger partial charge in [0.25, 0.3) is 0 Å². The Labute approximate surface area is 173 Å². The van der Waals surface area contributed by atoms with Gasteiger partial charge in [-0.25, -0.2) is 14.1 Å². The summed E-state index contributed by atoms with van der Waals surface area (Å²) >= 11 is 0. The molecule has 0 unspecified atom stereocenters. The van der Waals surface area contributed by atoms with Crippen molar-refractivity contribution in [2.45, 2.75) is 0 Å². The number of hydrogen-bond acceptors (Lipinski definition) is 3. The zero-order valence-electron chi connectivity index (χ0n) is 16.3. The molecular weight excluding hydrogens is 377 g/mol. The Kier molecular flexibility index (Phi) is 4.48. The van der Waals surface area contributed by atoms with E-state index in [2.05, 4.69) is 0 Å². The summed E-state index contributed by atoms with van der Waals surface area (Å²) in [5.74, 6) is 0.528. The second kappa shape index (κ2) is 7.44. The van der Waals surface area contributed by atoms with Gasteiger partial charge in [-0.2, -0.15) is 5.10 Å². The van der Waals surface area contributed by atoms with Crippen molar-refractivity contribution < 1.29 is 9.13 Å². The van der Waals surface area contributed by atoms with Crippen molar-refractivity contribution in [3.63, 3.8) is 0 Å². The van der Waals surface area contributed by atoms with Crippen molar-refractivity contribution in [3.8, 4) is 34.1 Å². The molecule has 30 heavy (non-hydrogen) atoms. The second-order valence-corrected chi connectivity index (χ2v) is 6.92. The lowest BCUT2D eigenvalue weighted by molar-refractivity contribution is 0.415. The minimum Gasteiger partial charge on any atom is -0.497 e. The van der Waals surface area contributed by atoms with E-state index in [1.807, 2.05) is 77.5 Å². The van der Waals surface area contributed by atoms with E-state index in [1.165, 1.54) is 12.1 Å². The van der Waals surface area contributed by atoms with Gasteiger partial charge in [-0.3, -0.25) is 0 Å². The van der Waals surface area contributed by atoms with Crippen LogP contribution in [0, 0.1) is 5.82 Å². The molecule has 0 amide bonds. The SMILES string of the molecule is COc1ccc(-c2cc(-c3ccc4cc(F)ccc4n3)nn2-c2ccccc2)cc1. The first-order chi connectivity index (χ1) is 14.7. The van der Waals surface area contributed by atoms with E-state index in [0.717, 1.165) is 45.0 Å². The fraction of sp³-hybridized carbons (Fsp3) is 0.0400. The summed E-state index contributed by atoms with van der Waals surface area (Å²) < 4.78 is 20.7. The molecule has 0 bridgehead atoms. The highest BCUT2D eigenvalue weighted by Crippen LogP contribution is 2.30. The van der Waals surface area contributed by atoms with Crippen molar-refractivity contribution in [3.05, 3.63) is 96.8 Å². The number of aromatic nitrogens is 3. The molecule has 0 atom stereocenters. The lowest BCUT2D eigenvalue weighted by Crippen LogP contribution is -1.99. The van der Waals surface area contributed by atoms with Crippen LogP contribution in [0.25, 0.3) is 39.2 Å². The number of ether oxygens (including phenoxy) is 1. The first kappa shape index (κ1) is 18.1. The summed E-state index contributed by atoms with van der Waals surface area (Å²) in [7, 11) is 1.65. The van der Waals surface area contributed by atoms with Crippen LogP contribution in [0.5, 0.6) is 5.75 Å². The minimum absolute atomic E-state index is 0.271. The van der Waals surface area contributed by atoms with Crippen molar-refractivity contribution in [2.24, 2.45) is 0 Å². The third kappa shape index (κ3) is 3.31. The summed E-state index contributed by atoms with van der Waals surface area (Å²) in [5.41, 5.74) is 5.13. The van der Waals surface area contributed by atoms with Crippen molar-refractivity contribution in [2.75, 3.05) is 7.11 Å². The van der Waals surface area contributed by atoms with E-state index in [9.17, 15) is 4.39 Å². The summed E-state index contributed by atoms with van der Waals surface area (Å²) in [6, 6.07) is 28.2. The first-order valence-electron chi connectivity index (χ1n) is 9.58. The Morgan fingerprint density at radius 2 is 1.60 bits per heavy atom. The quantitative estimate of drug-likeness (QED) is 0.380. The third-order valence-corrected chi connectivity index (χ3v) is 5.01. The van der Waals surface area contributed by atoms with Crippen molar-refractivity contribution >= 4 is 10.9 Å². The van der Waals surface area contributed by atoms with E-state index < -0.39 is 0 Å². The van der Waals surface area contributed by atoms with Crippen LogP contribution in [0.3, 0.4) is 0 Å². The molecule has 0 radical (unpaired) electrons. The molecule has 2 heterocycles. The fourth-order valence-electron chi connectivity index (χ4n) is 3.48. The molecule has 5 aromatic rings. The Bertz CT molecular complexity index is 1330. The largest absolute Gasteiger partial charge is 0.497 e. The number of halogens is 1.